The van der Waals surface area contributed by atoms with Crippen molar-refractivity contribution in [1.82, 2.24) is 10.6 Å². The van der Waals surface area contributed by atoms with Gasteiger partial charge in [0.15, 0.2) is 0 Å². The van der Waals surface area contributed by atoms with Crippen LogP contribution in [0.4, 0.5) is 0 Å². The zero-order valence-electron chi connectivity index (χ0n) is 7.97. The van der Waals surface area contributed by atoms with Gasteiger partial charge in [0.2, 0.25) is 0 Å². The van der Waals surface area contributed by atoms with Crippen molar-refractivity contribution in [2.45, 2.75) is 32.2 Å². The van der Waals surface area contributed by atoms with E-state index < -0.39 is 0 Å². The van der Waals surface area contributed by atoms with Crippen molar-refractivity contribution < 1.29 is 0 Å². The summed E-state index contributed by atoms with van der Waals surface area (Å²) in [6.45, 7) is 6.06. The standard InChI is InChI=1S/C10H20N2/c1-8-5-10(7-12-8)9-3-2-4-11-6-9/h8-12H,2-7H2,1H3. The third-order valence-corrected chi connectivity index (χ3v) is 3.39. The van der Waals surface area contributed by atoms with Gasteiger partial charge < -0.3 is 10.6 Å². The van der Waals surface area contributed by atoms with Gasteiger partial charge in [-0.05, 0) is 57.7 Å². The van der Waals surface area contributed by atoms with E-state index in [2.05, 4.69) is 17.6 Å². The fourth-order valence-electron chi connectivity index (χ4n) is 2.61. The normalized spacial score (nSPS) is 43.2. The van der Waals surface area contributed by atoms with E-state index in [1.54, 1.807) is 0 Å². The Morgan fingerprint density at radius 1 is 1.17 bits per heavy atom. The van der Waals surface area contributed by atoms with Crippen molar-refractivity contribution >= 4 is 0 Å². The molecule has 0 bridgehead atoms. The van der Waals surface area contributed by atoms with Gasteiger partial charge in [-0.3, -0.25) is 0 Å². The maximum atomic E-state index is 3.54. The maximum Gasteiger partial charge on any atom is 0.00420 e. The van der Waals surface area contributed by atoms with Gasteiger partial charge in [0.05, 0.1) is 0 Å². The zero-order chi connectivity index (χ0) is 8.39. The van der Waals surface area contributed by atoms with E-state index in [4.69, 9.17) is 0 Å². The number of hydrogen-bond acceptors (Lipinski definition) is 2. The van der Waals surface area contributed by atoms with Crippen LogP contribution < -0.4 is 10.6 Å². The summed E-state index contributed by atoms with van der Waals surface area (Å²) in [7, 11) is 0. The molecule has 2 fully saturated rings. The molecule has 2 heterocycles. The van der Waals surface area contributed by atoms with E-state index in [-0.39, 0.29) is 0 Å². The highest BCUT2D eigenvalue weighted by atomic mass is 15.0. The zero-order valence-corrected chi connectivity index (χ0v) is 7.97. The Morgan fingerprint density at radius 2 is 2.08 bits per heavy atom. The van der Waals surface area contributed by atoms with Gasteiger partial charge in [-0.25, -0.2) is 0 Å². The van der Waals surface area contributed by atoms with E-state index >= 15 is 0 Å². The molecule has 2 rings (SSSR count). The Balaban J connectivity index is 1.83. The Kier molecular flexibility index (Phi) is 2.66. The fraction of sp³-hybridized carbons (Fsp3) is 1.00. The lowest BCUT2D eigenvalue weighted by Gasteiger charge is -2.27. The molecule has 2 heteroatoms. The minimum atomic E-state index is 0.761. The number of nitrogens with one attached hydrogen (secondary N) is 2. The summed E-state index contributed by atoms with van der Waals surface area (Å²) >= 11 is 0. The third kappa shape index (κ3) is 1.80. The van der Waals surface area contributed by atoms with E-state index in [9.17, 15) is 0 Å². The van der Waals surface area contributed by atoms with E-state index in [1.807, 2.05) is 0 Å². The summed E-state index contributed by atoms with van der Waals surface area (Å²) in [5.41, 5.74) is 0. The van der Waals surface area contributed by atoms with Crippen molar-refractivity contribution in [2.24, 2.45) is 11.8 Å². The molecular formula is C10H20N2. The maximum absolute atomic E-state index is 3.54. The van der Waals surface area contributed by atoms with Crippen LogP contribution in [0, 0.1) is 11.8 Å². The molecule has 0 aromatic heterocycles. The second-order valence-corrected chi connectivity index (χ2v) is 4.41. The molecular weight excluding hydrogens is 148 g/mol. The van der Waals surface area contributed by atoms with Crippen molar-refractivity contribution in [3.8, 4) is 0 Å². The summed E-state index contributed by atoms with van der Waals surface area (Å²) in [6.07, 6.45) is 4.23. The van der Waals surface area contributed by atoms with E-state index in [0.29, 0.717) is 0 Å². The molecule has 0 saturated carbocycles. The lowest BCUT2D eigenvalue weighted by Crippen LogP contribution is -2.34. The molecule has 0 radical (unpaired) electrons. The molecule has 0 aromatic carbocycles. The summed E-state index contributed by atoms with van der Waals surface area (Å²) in [5, 5.41) is 7.04. The van der Waals surface area contributed by atoms with Gasteiger partial charge in [0.1, 0.15) is 0 Å². The van der Waals surface area contributed by atoms with Crippen LogP contribution >= 0.6 is 0 Å². The van der Waals surface area contributed by atoms with Gasteiger partial charge in [-0.1, -0.05) is 0 Å². The quantitative estimate of drug-likeness (QED) is 0.610. The predicted octanol–water partition coefficient (Wildman–Crippen LogP) is 0.984. The molecule has 70 valence electrons. The molecule has 0 spiro atoms. The molecule has 0 amide bonds. The summed E-state index contributed by atoms with van der Waals surface area (Å²) in [4.78, 5) is 0. The van der Waals surface area contributed by atoms with E-state index in [0.717, 1.165) is 17.9 Å². The van der Waals surface area contributed by atoms with Gasteiger partial charge in [0.25, 0.3) is 0 Å². The average molecular weight is 168 g/mol. The third-order valence-electron chi connectivity index (χ3n) is 3.39. The van der Waals surface area contributed by atoms with Crippen LogP contribution in [0.1, 0.15) is 26.2 Å². The van der Waals surface area contributed by atoms with Crippen molar-refractivity contribution in [1.29, 1.82) is 0 Å². The van der Waals surface area contributed by atoms with E-state index in [1.165, 1.54) is 38.9 Å². The minimum absolute atomic E-state index is 0.761. The van der Waals surface area contributed by atoms with Crippen LogP contribution in [0.2, 0.25) is 0 Å². The first-order chi connectivity index (χ1) is 5.86. The Hall–Kier alpha value is -0.0800. The summed E-state index contributed by atoms with van der Waals surface area (Å²) in [5.74, 6) is 1.91. The van der Waals surface area contributed by atoms with Crippen LogP contribution in [0.3, 0.4) is 0 Å². The van der Waals surface area contributed by atoms with Gasteiger partial charge in [-0.2, -0.15) is 0 Å². The van der Waals surface area contributed by atoms with Gasteiger partial charge >= 0.3 is 0 Å². The minimum Gasteiger partial charge on any atom is -0.316 e. The number of piperidine rings is 1. The fourth-order valence-corrected chi connectivity index (χ4v) is 2.61. The Bertz CT molecular complexity index is 138. The second-order valence-electron chi connectivity index (χ2n) is 4.41. The van der Waals surface area contributed by atoms with Crippen LogP contribution in [0.25, 0.3) is 0 Å². The van der Waals surface area contributed by atoms with Gasteiger partial charge in [-0.15, -0.1) is 0 Å². The lowest BCUT2D eigenvalue weighted by atomic mass is 9.85. The smallest absolute Gasteiger partial charge is 0.00420 e. The van der Waals surface area contributed by atoms with Gasteiger partial charge in [0, 0.05) is 6.04 Å². The molecule has 12 heavy (non-hydrogen) atoms. The average Bonchev–Trinajstić information content (AvgIpc) is 2.54. The molecule has 3 atom stereocenters. The topological polar surface area (TPSA) is 24.1 Å². The molecule has 2 aliphatic heterocycles. The first-order valence-corrected chi connectivity index (χ1v) is 5.30. The molecule has 2 nitrogen and oxygen atoms in total. The summed E-state index contributed by atoms with van der Waals surface area (Å²) < 4.78 is 0. The summed E-state index contributed by atoms with van der Waals surface area (Å²) in [6, 6.07) is 0.761. The van der Waals surface area contributed by atoms with Crippen LogP contribution in [-0.2, 0) is 0 Å². The molecule has 0 aliphatic carbocycles. The predicted molar refractivity (Wildman–Crippen MR) is 51.2 cm³/mol. The SMILES string of the molecule is CC1CC(C2CCCNC2)CN1. The molecule has 3 unspecified atom stereocenters. The molecule has 0 aromatic rings. The molecule has 2 saturated heterocycles. The number of hydrogen-bond donors (Lipinski definition) is 2. The van der Waals surface area contributed by atoms with Crippen molar-refractivity contribution in [3.05, 3.63) is 0 Å². The van der Waals surface area contributed by atoms with Crippen LogP contribution in [-0.4, -0.2) is 25.7 Å². The Morgan fingerprint density at radius 3 is 2.67 bits per heavy atom. The lowest BCUT2D eigenvalue weighted by molar-refractivity contribution is 0.277. The highest BCUT2D eigenvalue weighted by Gasteiger charge is 2.28. The number of rotatable bonds is 1. The first-order valence-electron chi connectivity index (χ1n) is 5.30. The highest BCUT2D eigenvalue weighted by Crippen LogP contribution is 2.26. The second kappa shape index (κ2) is 3.75. The highest BCUT2D eigenvalue weighted by molar-refractivity contribution is 4.85. The van der Waals surface area contributed by atoms with Crippen LogP contribution in [0.5, 0.6) is 0 Å². The van der Waals surface area contributed by atoms with Crippen LogP contribution in [0.15, 0.2) is 0 Å². The first kappa shape index (κ1) is 8.52. The molecule has 2 aliphatic rings. The Labute approximate surface area is 75.1 Å². The largest absolute Gasteiger partial charge is 0.316 e. The van der Waals surface area contributed by atoms with Crippen molar-refractivity contribution in [2.75, 3.05) is 19.6 Å². The van der Waals surface area contributed by atoms with Crippen molar-refractivity contribution in [3.63, 3.8) is 0 Å². The molecule has 2 N–H and O–H groups in total. The monoisotopic (exact) mass is 168 g/mol.